The molecule has 0 unspecified atom stereocenters. The normalized spacial score (nSPS) is 19.1. The van der Waals surface area contributed by atoms with Gasteiger partial charge in [-0.1, -0.05) is 30.3 Å². The van der Waals surface area contributed by atoms with Crippen LogP contribution in [0.15, 0.2) is 35.7 Å². The molecule has 1 aromatic carbocycles. The number of hydrogen-bond acceptors (Lipinski definition) is 5. The van der Waals surface area contributed by atoms with Crippen LogP contribution in [0.3, 0.4) is 0 Å². The molecule has 0 radical (unpaired) electrons. The third-order valence-corrected chi connectivity index (χ3v) is 5.07. The predicted molar refractivity (Wildman–Crippen MR) is 92.5 cm³/mol. The van der Waals surface area contributed by atoms with E-state index in [4.69, 9.17) is 4.74 Å². The minimum atomic E-state index is -0.733. The van der Waals surface area contributed by atoms with Crippen molar-refractivity contribution in [3.05, 3.63) is 40.7 Å². The highest BCUT2D eigenvalue weighted by atomic mass is 32.1. The van der Waals surface area contributed by atoms with Gasteiger partial charge in [0.1, 0.15) is 5.60 Å². The van der Waals surface area contributed by atoms with Crippen LogP contribution in [0.25, 0.3) is 11.3 Å². The van der Waals surface area contributed by atoms with E-state index in [-0.39, 0.29) is 18.3 Å². The molecule has 2 aromatic rings. The lowest BCUT2D eigenvalue weighted by Gasteiger charge is -2.23. The average Bonchev–Trinajstić information content (AvgIpc) is 3.12. The zero-order valence-electron chi connectivity index (χ0n) is 13.7. The highest BCUT2D eigenvalue weighted by Gasteiger charge is 2.45. The Morgan fingerprint density at radius 3 is 2.79 bits per heavy atom. The largest absolute Gasteiger partial charge is 0.459 e. The fraction of sp³-hybridized carbons (Fsp3) is 0.389. The molecule has 1 aliphatic heterocycles. The number of ether oxygens (including phenoxy) is 1. The van der Waals surface area contributed by atoms with Crippen molar-refractivity contribution < 1.29 is 14.3 Å². The number of hydrogen-bond donors (Lipinski definition) is 1. The van der Waals surface area contributed by atoms with Crippen molar-refractivity contribution >= 4 is 23.2 Å². The van der Waals surface area contributed by atoms with Crippen LogP contribution >= 0.6 is 11.3 Å². The number of cyclic esters (lactones) is 1. The van der Waals surface area contributed by atoms with E-state index in [9.17, 15) is 9.59 Å². The van der Waals surface area contributed by atoms with Gasteiger partial charge in [0.2, 0.25) is 5.91 Å². The standard InChI is InChI=1S/C18H20N2O3S/c1-18(2)13(10-16(21)23-18)17(22)19-9-8-15-20-14(11-24-15)12-6-4-3-5-7-12/h3-7,11,13H,8-10H2,1-2H3,(H,19,22)/t13-/m0/s1. The van der Waals surface area contributed by atoms with E-state index in [0.717, 1.165) is 16.3 Å². The van der Waals surface area contributed by atoms with E-state index in [1.54, 1.807) is 25.2 Å². The Labute approximate surface area is 145 Å². The summed E-state index contributed by atoms with van der Waals surface area (Å²) in [5.74, 6) is -0.876. The van der Waals surface area contributed by atoms with Gasteiger partial charge in [0.15, 0.2) is 0 Å². The van der Waals surface area contributed by atoms with Gasteiger partial charge in [-0.25, -0.2) is 4.98 Å². The second-order valence-electron chi connectivity index (χ2n) is 6.37. The zero-order chi connectivity index (χ0) is 17.2. The Kier molecular flexibility index (Phi) is 4.66. The SMILES string of the molecule is CC1(C)OC(=O)C[C@H]1C(=O)NCCc1nc(-c2ccccc2)cs1. The molecule has 1 aromatic heterocycles. The molecule has 2 heterocycles. The predicted octanol–water partition coefficient (Wildman–Crippen LogP) is 2.81. The number of benzene rings is 1. The number of thiazole rings is 1. The van der Waals surface area contributed by atoms with Crippen molar-refractivity contribution in [1.29, 1.82) is 0 Å². The molecule has 1 amide bonds. The third kappa shape index (κ3) is 3.64. The van der Waals surface area contributed by atoms with Crippen LogP contribution < -0.4 is 5.32 Å². The van der Waals surface area contributed by atoms with Crippen molar-refractivity contribution in [2.75, 3.05) is 6.54 Å². The van der Waals surface area contributed by atoms with E-state index < -0.39 is 11.5 Å². The molecule has 1 aliphatic rings. The molecular weight excluding hydrogens is 324 g/mol. The van der Waals surface area contributed by atoms with Crippen LogP contribution in [0.1, 0.15) is 25.3 Å². The van der Waals surface area contributed by atoms with Crippen LogP contribution in [0.2, 0.25) is 0 Å². The van der Waals surface area contributed by atoms with Crippen molar-refractivity contribution in [1.82, 2.24) is 10.3 Å². The molecule has 126 valence electrons. The van der Waals surface area contributed by atoms with Crippen LogP contribution in [-0.2, 0) is 20.7 Å². The number of rotatable bonds is 5. The first-order valence-corrected chi connectivity index (χ1v) is 8.83. The van der Waals surface area contributed by atoms with Gasteiger partial charge in [-0.05, 0) is 13.8 Å². The summed E-state index contributed by atoms with van der Waals surface area (Å²) >= 11 is 1.59. The average molecular weight is 344 g/mol. The molecule has 3 rings (SSSR count). The lowest BCUT2D eigenvalue weighted by molar-refractivity contribution is -0.147. The molecule has 5 nitrogen and oxygen atoms in total. The van der Waals surface area contributed by atoms with Crippen molar-refractivity contribution in [3.8, 4) is 11.3 Å². The molecule has 0 aliphatic carbocycles. The summed E-state index contributed by atoms with van der Waals surface area (Å²) in [5.41, 5.74) is 1.31. The van der Waals surface area contributed by atoms with E-state index in [1.165, 1.54) is 0 Å². The molecule has 1 fully saturated rings. The Morgan fingerprint density at radius 2 is 2.12 bits per heavy atom. The van der Waals surface area contributed by atoms with Gasteiger partial charge < -0.3 is 10.1 Å². The third-order valence-electron chi connectivity index (χ3n) is 4.16. The summed E-state index contributed by atoms with van der Waals surface area (Å²) in [6, 6.07) is 10.0. The number of carbonyl (C=O) groups is 2. The van der Waals surface area contributed by atoms with Crippen molar-refractivity contribution in [3.63, 3.8) is 0 Å². The lowest BCUT2D eigenvalue weighted by atomic mass is 9.90. The maximum Gasteiger partial charge on any atom is 0.307 e. The summed E-state index contributed by atoms with van der Waals surface area (Å²) in [7, 11) is 0. The second-order valence-corrected chi connectivity index (χ2v) is 7.31. The summed E-state index contributed by atoms with van der Waals surface area (Å²) in [6.45, 7) is 4.05. The number of amides is 1. The Bertz CT molecular complexity index is 740. The number of nitrogens with one attached hydrogen (secondary N) is 1. The van der Waals surface area contributed by atoms with Crippen LogP contribution in [-0.4, -0.2) is 29.0 Å². The molecule has 1 atom stereocenters. The monoisotopic (exact) mass is 344 g/mol. The van der Waals surface area contributed by atoms with Gasteiger partial charge in [-0.15, -0.1) is 11.3 Å². The zero-order valence-corrected chi connectivity index (χ0v) is 14.6. The minimum Gasteiger partial charge on any atom is -0.459 e. The summed E-state index contributed by atoms with van der Waals surface area (Å²) in [5, 5.41) is 5.90. The van der Waals surface area contributed by atoms with E-state index in [0.29, 0.717) is 13.0 Å². The molecule has 24 heavy (non-hydrogen) atoms. The highest BCUT2D eigenvalue weighted by Crippen LogP contribution is 2.32. The van der Waals surface area contributed by atoms with Gasteiger partial charge in [0.25, 0.3) is 0 Å². The smallest absolute Gasteiger partial charge is 0.307 e. The van der Waals surface area contributed by atoms with Gasteiger partial charge >= 0.3 is 5.97 Å². The van der Waals surface area contributed by atoms with Gasteiger partial charge in [-0.2, -0.15) is 0 Å². The summed E-state index contributed by atoms with van der Waals surface area (Å²) in [4.78, 5) is 28.3. The first-order valence-electron chi connectivity index (χ1n) is 7.95. The Hall–Kier alpha value is -2.21. The van der Waals surface area contributed by atoms with Crippen LogP contribution in [0.5, 0.6) is 0 Å². The van der Waals surface area contributed by atoms with Gasteiger partial charge in [0, 0.05) is 23.9 Å². The number of aromatic nitrogens is 1. The van der Waals surface area contributed by atoms with Crippen LogP contribution in [0.4, 0.5) is 0 Å². The molecule has 0 spiro atoms. The van der Waals surface area contributed by atoms with Gasteiger partial charge in [0.05, 0.1) is 23.0 Å². The highest BCUT2D eigenvalue weighted by molar-refractivity contribution is 7.09. The summed E-state index contributed by atoms with van der Waals surface area (Å²) < 4.78 is 5.19. The minimum absolute atomic E-state index is 0.134. The summed E-state index contributed by atoms with van der Waals surface area (Å²) in [6.07, 6.45) is 0.819. The van der Waals surface area contributed by atoms with E-state index in [1.807, 2.05) is 35.7 Å². The van der Waals surface area contributed by atoms with E-state index in [2.05, 4.69) is 10.3 Å². The van der Waals surface area contributed by atoms with Crippen molar-refractivity contribution in [2.24, 2.45) is 5.92 Å². The second kappa shape index (κ2) is 6.73. The fourth-order valence-electron chi connectivity index (χ4n) is 2.81. The molecular formula is C18H20N2O3S. The Balaban J connectivity index is 1.53. The molecule has 1 N–H and O–H groups in total. The first-order chi connectivity index (χ1) is 11.5. The molecule has 6 heteroatoms. The number of nitrogens with zero attached hydrogens (tertiary/aromatic N) is 1. The fourth-order valence-corrected chi connectivity index (χ4v) is 3.62. The number of carbonyl (C=O) groups excluding carboxylic acids is 2. The van der Waals surface area contributed by atoms with Gasteiger partial charge in [-0.3, -0.25) is 9.59 Å². The Morgan fingerprint density at radius 1 is 1.38 bits per heavy atom. The maximum atomic E-state index is 12.3. The number of esters is 1. The topological polar surface area (TPSA) is 68.3 Å². The molecule has 1 saturated heterocycles. The lowest BCUT2D eigenvalue weighted by Crippen LogP contribution is -2.41. The van der Waals surface area contributed by atoms with Crippen molar-refractivity contribution in [2.45, 2.75) is 32.3 Å². The maximum absolute atomic E-state index is 12.3. The molecule has 0 saturated carbocycles. The first kappa shape index (κ1) is 16.6. The van der Waals surface area contributed by atoms with Crippen LogP contribution in [0, 0.1) is 5.92 Å². The molecule has 0 bridgehead atoms. The quantitative estimate of drug-likeness (QED) is 0.847. The van der Waals surface area contributed by atoms with E-state index >= 15 is 0 Å².